The fourth-order valence-corrected chi connectivity index (χ4v) is 4.67. The Hall–Kier alpha value is -1.55. The van der Waals surface area contributed by atoms with Gasteiger partial charge in [-0.05, 0) is 82.6 Å². The van der Waals surface area contributed by atoms with Crippen LogP contribution in [-0.4, -0.2) is 29.3 Å². The van der Waals surface area contributed by atoms with Crippen LogP contribution in [0.1, 0.15) is 66.2 Å². The minimum absolute atomic E-state index is 0.143. The largest absolute Gasteiger partial charge is 0.491 e. The summed E-state index contributed by atoms with van der Waals surface area (Å²) in [6, 6.07) is 7.84. The van der Waals surface area contributed by atoms with Crippen LogP contribution in [0.2, 0.25) is 0 Å². The van der Waals surface area contributed by atoms with E-state index in [2.05, 4.69) is 13.8 Å². The molecular formula is C22H33NO3. The smallest absolute Gasteiger partial charge is 0.233 e. The molecule has 2 aliphatic rings. The summed E-state index contributed by atoms with van der Waals surface area (Å²) in [5.74, 6) is 1.56. The summed E-state index contributed by atoms with van der Waals surface area (Å²) in [5.41, 5.74) is 0.102. The maximum Gasteiger partial charge on any atom is 0.233 e. The third kappa shape index (κ3) is 3.90. The van der Waals surface area contributed by atoms with Gasteiger partial charge in [0.15, 0.2) is 0 Å². The molecule has 0 unspecified atom stereocenters. The van der Waals surface area contributed by atoms with Gasteiger partial charge in [0.1, 0.15) is 5.75 Å². The van der Waals surface area contributed by atoms with Crippen LogP contribution in [-0.2, 0) is 4.79 Å². The number of amides is 1. The highest BCUT2D eigenvalue weighted by molar-refractivity contribution is 6.00. The Balaban J connectivity index is 1.67. The Bertz CT molecular complexity index is 627. The van der Waals surface area contributed by atoms with E-state index in [1.165, 1.54) is 0 Å². The first-order valence-corrected chi connectivity index (χ1v) is 10.0. The van der Waals surface area contributed by atoms with Crippen LogP contribution in [0.15, 0.2) is 24.3 Å². The molecule has 1 aromatic rings. The Morgan fingerprint density at radius 2 is 1.65 bits per heavy atom. The van der Waals surface area contributed by atoms with E-state index in [-0.39, 0.29) is 17.4 Å². The van der Waals surface area contributed by atoms with Crippen LogP contribution >= 0.6 is 0 Å². The number of carbonyl (C=O) groups excluding carboxylic acids is 1. The molecule has 1 heterocycles. The van der Waals surface area contributed by atoms with Crippen molar-refractivity contribution in [3.05, 3.63) is 24.3 Å². The number of rotatable bonds is 5. The molecule has 1 aliphatic heterocycles. The highest BCUT2D eigenvalue weighted by Gasteiger charge is 2.51. The predicted octanol–water partition coefficient (Wildman–Crippen LogP) is 4.55. The zero-order chi connectivity index (χ0) is 18.9. The average Bonchev–Trinajstić information content (AvgIpc) is 2.87. The highest BCUT2D eigenvalue weighted by Crippen LogP contribution is 2.49. The van der Waals surface area contributed by atoms with E-state index in [9.17, 15) is 9.90 Å². The first-order valence-electron chi connectivity index (χ1n) is 10.0. The molecule has 4 nitrogen and oxygen atoms in total. The molecule has 0 bridgehead atoms. The SMILES string of the molecule is CC(C)CC1(O)CCC2(CCN(c3ccc(OC(C)C)cc3)C2=O)CC1. The second-order valence-corrected chi connectivity index (χ2v) is 8.97. The Labute approximate surface area is 157 Å². The number of anilines is 1. The van der Waals surface area contributed by atoms with E-state index >= 15 is 0 Å². The molecule has 1 saturated heterocycles. The van der Waals surface area contributed by atoms with Crippen molar-refractivity contribution in [1.82, 2.24) is 0 Å². The molecule has 26 heavy (non-hydrogen) atoms. The summed E-state index contributed by atoms with van der Waals surface area (Å²) < 4.78 is 5.69. The van der Waals surface area contributed by atoms with Crippen LogP contribution in [0.3, 0.4) is 0 Å². The summed E-state index contributed by atoms with van der Waals surface area (Å²) in [6.07, 6.45) is 4.97. The lowest BCUT2D eigenvalue weighted by Gasteiger charge is -2.41. The molecule has 1 aliphatic carbocycles. The number of benzene rings is 1. The Morgan fingerprint density at radius 3 is 2.19 bits per heavy atom. The minimum atomic E-state index is -0.580. The first kappa shape index (κ1) is 19.2. The Morgan fingerprint density at radius 1 is 1.04 bits per heavy atom. The van der Waals surface area contributed by atoms with Gasteiger partial charge in [-0.3, -0.25) is 4.79 Å². The molecule has 1 amide bonds. The first-order chi connectivity index (χ1) is 12.2. The zero-order valence-corrected chi connectivity index (χ0v) is 16.6. The van der Waals surface area contributed by atoms with Gasteiger partial charge in [-0.1, -0.05) is 13.8 Å². The van der Waals surface area contributed by atoms with Crippen molar-refractivity contribution in [2.24, 2.45) is 11.3 Å². The topological polar surface area (TPSA) is 49.8 Å². The molecule has 1 aromatic carbocycles. The molecule has 3 rings (SSSR count). The monoisotopic (exact) mass is 359 g/mol. The van der Waals surface area contributed by atoms with Crippen molar-refractivity contribution >= 4 is 11.6 Å². The summed E-state index contributed by atoms with van der Waals surface area (Å²) >= 11 is 0. The van der Waals surface area contributed by atoms with Crippen LogP contribution in [0.4, 0.5) is 5.69 Å². The number of nitrogens with zero attached hydrogens (tertiary/aromatic N) is 1. The van der Waals surface area contributed by atoms with E-state index in [0.29, 0.717) is 5.92 Å². The third-order valence-corrected chi connectivity index (χ3v) is 5.96. The van der Waals surface area contributed by atoms with Crippen molar-refractivity contribution in [2.75, 3.05) is 11.4 Å². The highest BCUT2D eigenvalue weighted by atomic mass is 16.5. The van der Waals surface area contributed by atoms with E-state index in [1.807, 2.05) is 43.0 Å². The maximum atomic E-state index is 13.2. The number of hydrogen-bond acceptors (Lipinski definition) is 3. The van der Waals surface area contributed by atoms with E-state index in [0.717, 1.165) is 56.5 Å². The molecule has 0 aromatic heterocycles. The number of aliphatic hydroxyl groups is 1. The van der Waals surface area contributed by atoms with Gasteiger partial charge in [0.2, 0.25) is 5.91 Å². The van der Waals surface area contributed by atoms with Crippen molar-refractivity contribution in [3.63, 3.8) is 0 Å². The lowest BCUT2D eigenvalue weighted by molar-refractivity contribution is -0.131. The number of carbonyl (C=O) groups is 1. The second kappa shape index (κ2) is 7.22. The number of hydrogen-bond donors (Lipinski definition) is 1. The van der Waals surface area contributed by atoms with Crippen molar-refractivity contribution in [3.8, 4) is 5.75 Å². The third-order valence-electron chi connectivity index (χ3n) is 5.96. The second-order valence-electron chi connectivity index (χ2n) is 8.97. The summed E-state index contributed by atoms with van der Waals surface area (Å²) in [7, 11) is 0. The van der Waals surface area contributed by atoms with Crippen LogP contribution in [0, 0.1) is 11.3 Å². The van der Waals surface area contributed by atoms with Gasteiger partial charge in [-0.25, -0.2) is 0 Å². The lowest BCUT2D eigenvalue weighted by atomic mass is 9.66. The predicted molar refractivity (Wildman–Crippen MR) is 104 cm³/mol. The lowest BCUT2D eigenvalue weighted by Crippen LogP contribution is -2.44. The molecule has 1 saturated carbocycles. The van der Waals surface area contributed by atoms with Gasteiger partial charge >= 0.3 is 0 Å². The fraction of sp³-hybridized carbons (Fsp3) is 0.682. The molecule has 0 atom stereocenters. The summed E-state index contributed by atoms with van der Waals surface area (Å²) in [4.78, 5) is 15.1. The fourth-order valence-electron chi connectivity index (χ4n) is 4.67. The molecule has 2 fully saturated rings. The molecule has 1 spiro atoms. The minimum Gasteiger partial charge on any atom is -0.491 e. The Kier molecular flexibility index (Phi) is 5.34. The standard InChI is InChI=1S/C22H33NO3/c1-16(2)15-22(25)11-9-21(10-12-22)13-14-23(20(21)24)18-5-7-19(8-6-18)26-17(3)4/h5-8,16-17,25H,9-15H2,1-4H3. The van der Waals surface area contributed by atoms with Gasteiger partial charge in [-0.2, -0.15) is 0 Å². The van der Waals surface area contributed by atoms with Crippen LogP contribution in [0.5, 0.6) is 5.75 Å². The summed E-state index contributed by atoms with van der Waals surface area (Å²) in [5, 5.41) is 10.8. The van der Waals surface area contributed by atoms with Gasteiger partial charge in [0, 0.05) is 12.2 Å². The van der Waals surface area contributed by atoms with Gasteiger partial charge < -0.3 is 14.7 Å². The summed E-state index contributed by atoms with van der Waals surface area (Å²) in [6.45, 7) is 9.08. The van der Waals surface area contributed by atoms with E-state index < -0.39 is 5.60 Å². The molecule has 4 heteroatoms. The van der Waals surface area contributed by atoms with Gasteiger partial charge in [0.25, 0.3) is 0 Å². The molecule has 144 valence electrons. The van der Waals surface area contributed by atoms with E-state index in [1.54, 1.807) is 0 Å². The normalized spacial score (nSPS) is 29.2. The van der Waals surface area contributed by atoms with Crippen molar-refractivity contribution in [1.29, 1.82) is 0 Å². The number of ether oxygens (including phenoxy) is 1. The zero-order valence-electron chi connectivity index (χ0n) is 16.6. The molecular weight excluding hydrogens is 326 g/mol. The maximum absolute atomic E-state index is 13.2. The molecule has 0 radical (unpaired) electrons. The van der Waals surface area contributed by atoms with Crippen LogP contribution in [0.25, 0.3) is 0 Å². The quantitative estimate of drug-likeness (QED) is 0.839. The molecule has 1 N–H and O–H groups in total. The van der Waals surface area contributed by atoms with Crippen molar-refractivity contribution in [2.45, 2.75) is 77.9 Å². The van der Waals surface area contributed by atoms with E-state index in [4.69, 9.17) is 4.74 Å². The average molecular weight is 360 g/mol. The van der Waals surface area contributed by atoms with Crippen LogP contribution < -0.4 is 9.64 Å². The van der Waals surface area contributed by atoms with Gasteiger partial charge in [-0.15, -0.1) is 0 Å². The van der Waals surface area contributed by atoms with Crippen molar-refractivity contribution < 1.29 is 14.6 Å². The van der Waals surface area contributed by atoms with Gasteiger partial charge in [0.05, 0.1) is 17.1 Å².